The molecular weight excluding hydrogens is 468 g/mol. The molecule has 2 aliphatic rings. The predicted octanol–water partition coefficient (Wildman–Crippen LogP) is 4.65. The summed E-state index contributed by atoms with van der Waals surface area (Å²) in [6.07, 6.45) is 7.80. The van der Waals surface area contributed by atoms with E-state index in [9.17, 15) is 4.79 Å². The molecular formula is C27H30N8O2. The van der Waals surface area contributed by atoms with Crippen LogP contribution in [0.15, 0.2) is 55.0 Å². The van der Waals surface area contributed by atoms with Crippen LogP contribution in [0.4, 0.5) is 22.0 Å². The van der Waals surface area contributed by atoms with E-state index in [1.165, 1.54) is 0 Å². The van der Waals surface area contributed by atoms with Gasteiger partial charge < -0.3 is 20.3 Å². The highest BCUT2D eigenvalue weighted by molar-refractivity contribution is 5.99. The number of carbonyl (C=O) groups excluding carboxylic acids is 1. The quantitative estimate of drug-likeness (QED) is 0.421. The average Bonchev–Trinajstić information content (AvgIpc) is 3.47. The third-order valence-corrected chi connectivity index (χ3v) is 6.73. The van der Waals surface area contributed by atoms with Crippen LogP contribution < -0.4 is 15.5 Å². The minimum Gasteiger partial charge on any atom is -0.371 e. The Morgan fingerprint density at radius 3 is 2.24 bits per heavy atom. The summed E-state index contributed by atoms with van der Waals surface area (Å²) in [5.41, 5.74) is 2.78. The number of aromatic nitrogens is 5. The van der Waals surface area contributed by atoms with Gasteiger partial charge in [-0.05, 0) is 70.0 Å². The van der Waals surface area contributed by atoms with Crippen LogP contribution in [-0.2, 0) is 10.3 Å². The number of rotatable bonds is 4. The molecule has 3 aromatic heterocycles. The zero-order chi connectivity index (χ0) is 25.6. The van der Waals surface area contributed by atoms with Crippen molar-refractivity contribution in [1.82, 2.24) is 24.7 Å². The van der Waals surface area contributed by atoms with Crippen molar-refractivity contribution >= 4 is 34.3 Å². The molecule has 0 saturated carbocycles. The van der Waals surface area contributed by atoms with Gasteiger partial charge in [0.15, 0.2) is 11.5 Å². The van der Waals surface area contributed by atoms with E-state index < -0.39 is 0 Å². The van der Waals surface area contributed by atoms with E-state index in [1.54, 1.807) is 24.5 Å². The van der Waals surface area contributed by atoms with Crippen molar-refractivity contribution in [2.24, 2.45) is 0 Å². The zero-order valence-electron chi connectivity index (χ0n) is 21.2. The van der Waals surface area contributed by atoms with Gasteiger partial charge in [0.05, 0.1) is 29.3 Å². The summed E-state index contributed by atoms with van der Waals surface area (Å²) in [7, 11) is 0. The minimum atomic E-state index is -0.324. The first-order chi connectivity index (χ1) is 17.8. The molecule has 10 heteroatoms. The molecule has 0 spiro atoms. The highest BCUT2D eigenvalue weighted by Gasteiger charge is 2.35. The lowest BCUT2D eigenvalue weighted by atomic mass is 10.1. The SMILES string of the molecule is CC(C)(C)n1ncc2c(N3CC4CCC(C3)O4)nc(-c3ccc(NC(=O)Nc4ccncc4)cc3)nc21. The Morgan fingerprint density at radius 1 is 0.946 bits per heavy atom. The number of urea groups is 1. The smallest absolute Gasteiger partial charge is 0.323 e. The molecule has 10 nitrogen and oxygen atoms in total. The lowest BCUT2D eigenvalue weighted by Crippen LogP contribution is -2.43. The fourth-order valence-corrected chi connectivity index (χ4v) is 4.97. The number of nitrogens with one attached hydrogen (secondary N) is 2. The van der Waals surface area contributed by atoms with Crippen LogP contribution in [-0.4, -0.2) is 56.1 Å². The molecule has 2 N–H and O–H groups in total. The normalized spacial score (nSPS) is 19.3. The molecule has 1 aromatic carbocycles. The molecule has 2 unspecified atom stereocenters. The molecule has 2 fully saturated rings. The number of hydrogen-bond donors (Lipinski definition) is 2. The van der Waals surface area contributed by atoms with Gasteiger partial charge in [0.2, 0.25) is 0 Å². The van der Waals surface area contributed by atoms with E-state index in [4.69, 9.17) is 14.7 Å². The van der Waals surface area contributed by atoms with E-state index in [0.717, 1.165) is 48.3 Å². The van der Waals surface area contributed by atoms with E-state index >= 15 is 0 Å². The monoisotopic (exact) mass is 498 g/mol. The number of fused-ring (bicyclic) bond motifs is 3. The van der Waals surface area contributed by atoms with E-state index in [0.29, 0.717) is 17.2 Å². The zero-order valence-corrected chi connectivity index (χ0v) is 21.2. The highest BCUT2D eigenvalue weighted by atomic mass is 16.5. The standard InChI is InChI=1S/C27H30N8O2/c1-27(2,3)35-25-22(14-29-35)24(34-15-20-8-9-21(16-34)37-20)32-23(33-25)17-4-6-18(7-5-17)30-26(36)31-19-10-12-28-13-11-19/h4-7,10-14,20-21H,8-9,15-16H2,1-3H3,(H2,28,30,31,36). The predicted molar refractivity (Wildman–Crippen MR) is 143 cm³/mol. The summed E-state index contributed by atoms with van der Waals surface area (Å²) in [6.45, 7) is 7.99. The second-order valence-electron chi connectivity index (χ2n) is 10.6. The van der Waals surface area contributed by atoms with Crippen LogP contribution >= 0.6 is 0 Å². The van der Waals surface area contributed by atoms with E-state index in [1.807, 2.05) is 35.1 Å². The van der Waals surface area contributed by atoms with Gasteiger partial charge in [0.1, 0.15) is 5.82 Å². The number of hydrogen-bond acceptors (Lipinski definition) is 7. The van der Waals surface area contributed by atoms with Gasteiger partial charge in [-0.3, -0.25) is 4.98 Å². The van der Waals surface area contributed by atoms with Gasteiger partial charge in [-0.1, -0.05) is 0 Å². The third kappa shape index (κ3) is 4.72. The van der Waals surface area contributed by atoms with Crippen LogP contribution in [0.5, 0.6) is 0 Å². The highest BCUT2D eigenvalue weighted by Crippen LogP contribution is 2.34. The van der Waals surface area contributed by atoms with Crippen molar-refractivity contribution in [1.29, 1.82) is 0 Å². The number of ether oxygens (including phenoxy) is 1. The van der Waals surface area contributed by atoms with Gasteiger partial charge >= 0.3 is 6.03 Å². The van der Waals surface area contributed by atoms with Crippen molar-refractivity contribution in [3.05, 3.63) is 55.0 Å². The molecule has 4 aromatic rings. The minimum absolute atomic E-state index is 0.232. The Kier molecular flexibility index (Phi) is 5.75. The molecule has 0 radical (unpaired) electrons. The second kappa shape index (κ2) is 9.11. The number of amides is 2. The number of nitrogens with zero attached hydrogens (tertiary/aromatic N) is 6. The Labute approximate surface area is 215 Å². The van der Waals surface area contributed by atoms with Crippen molar-refractivity contribution in [3.8, 4) is 11.4 Å². The maximum Gasteiger partial charge on any atom is 0.323 e. The molecule has 6 rings (SSSR count). The summed E-state index contributed by atoms with van der Waals surface area (Å²) >= 11 is 0. The summed E-state index contributed by atoms with van der Waals surface area (Å²) in [6, 6.07) is 10.7. The molecule has 5 heterocycles. The Hall–Kier alpha value is -4.05. The molecule has 2 saturated heterocycles. The molecule has 0 aliphatic carbocycles. The average molecular weight is 499 g/mol. The summed E-state index contributed by atoms with van der Waals surface area (Å²) in [5, 5.41) is 11.3. The first kappa shape index (κ1) is 23.4. The molecule has 2 atom stereocenters. The number of anilines is 3. The van der Waals surface area contributed by atoms with Crippen molar-refractivity contribution in [2.75, 3.05) is 28.6 Å². The lowest BCUT2D eigenvalue weighted by Gasteiger charge is -2.33. The number of benzene rings is 1. The largest absolute Gasteiger partial charge is 0.371 e. The number of carbonyl (C=O) groups is 1. The maximum atomic E-state index is 12.4. The molecule has 2 aliphatic heterocycles. The third-order valence-electron chi connectivity index (χ3n) is 6.73. The topological polar surface area (TPSA) is 110 Å². The lowest BCUT2D eigenvalue weighted by molar-refractivity contribution is 0.0303. The maximum absolute atomic E-state index is 12.4. The van der Waals surface area contributed by atoms with Gasteiger partial charge in [0, 0.05) is 42.4 Å². The molecule has 190 valence electrons. The Morgan fingerprint density at radius 2 is 1.59 bits per heavy atom. The van der Waals surface area contributed by atoms with Crippen molar-refractivity contribution in [2.45, 2.75) is 51.4 Å². The van der Waals surface area contributed by atoms with Gasteiger partial charge in [-0.2, -0.15) is 5.10 Å². The first-order valence-corrected chi connectivity index (χ1v) is 12.6. The van der Waals surface area contributed by atoms with Crippen molar-refractivity contribution in [3.63, 3.8) is 0 Å². The summed E-state index contributed by atoms with van der Waals surface area (Å²) in [4.78, 5) is 28.6. The number of pyridine rings is 1. The van der Waals surface area contributed by atoms with Gasteiger partial charge in [0.25, 0.3) is 0 Å². The van der Waals surface area contributed by atoms with Crippen molar-refractivity contribution < 1.29 is 9.53 Å². The number of morpholine rings is 1. The fourth-order valence-electron chi connectivity index (χ4n) is 4.97. The van der Waals surface area contributed by atoms with Crippen LogP contribution in [0, 0.1) is 0 Å². The fraction of sp³-hybridized carbons (Fsp3) is 0.370. The summed E-state index contributed by atoms with van der Waals surface area (Å²) < 4.78 is 8.03. The van der Waals surface area contributed by atoms with Gasteiger partial charge in [-0.25, -0.2) is 19.4 Å². The van der Waals surface area contributed by atoms with Crippen LogP contribution in [0.3, 0.4) is 0 Å². The van der Waals surface area contributed by atoms with E-state index in [2.05, 4.69) is 46.4 Å². The van der Waals surface area contributed by atoms with E-state index in [-0.39, 0.29) is 23.8 Å². The molecule has 37 heavy (non-hydrogen) atoms. The summed E-state index contributed by atoms with van der Waals surface area (Å²) in [5.74, 6) is 1.52. The van der Waals surface area contributed by atoms with Crippen LogP contribution in [0.2, 0.25) is 0 Å². The van der Waals surface area contributed by atoms with Crippen LogP contribution in [0.1, 0.15) is 33.6 Å². The van der Waals surface area contributed by atoms with Gasteiger partial charge in [-0.15, -0.1) is 0 Å². The Balaban J connectivity index is 1.31. The Bertz CT molecular complexity index is 1420. The first-order valence-electron chi connectivity index (χ1n) is 12.6. The molecule has 2 bridgehead atoms. The second-order valence-corrected chi connectivity index (χ2v) is 10.6. The molecule has 2 amide bonds. The van der Waals surface area contributed by atoms with Crippen LogP contribution in [0.25, 0.3) is 22.4 Å².